The maximum absolute atomic E-state index is 10.3. The summed E-state index contributed by atoms with van der Waals surface area (Å²) in [7, 11) is -33.4. The minimum atomic E-state index is -2.25. The Hall–Kier alpha value is 3.18. The van der Waals surface area contributed by atoms with E-state index < -0.39 is 157 Å². The fourth-order valence-corrected chi connectivity index (χ4v) is 92.4. The summed E-state index contributed by atoms with van der Waals surface area (Å²) in [5.74, 6) is 0. The first-order valence-corrected chi connectivity index (χ1v) is 102. The molecule has 18 nitrogen and oxygen atoms in total. The number of hydrogen-bond acceptors (Lipinski definition) is 18. The van der Waals surface area contributed by atoms with Crippen LogP contribution in [0, 0.1) is 16.2 Å². The number of hydrogen-bond donors (Lipinski definition) is 6. The van der Waals surface area contributed by atoms with Crippen molar-refractivity contribution in [1.29, 1.82) is 0 Å². The molecule has 0 aliphatic rings. The molecule has 0 heterocycles. The van der Waals surface area contributed by atoms with Crippen molar-refractivity contribution in [2.45, 2.75) is 465 Å². The second-order valence-electron chi connectivity index (χ2n) is 48.2. The predicted octanol–water partition coefficient (Wildman–Crippen LogP) is 25.9. The average Bonchev–Trinajstić information content (AvgIpc) is 0.854. The van der Waals surface area contributed by atoms with Gasteiger partial charge in [-0.15, -0.1) is 0 Å². The zero-order chi connectivity index (χ0) is 92.4. The summed E-state index contributed by atoms with van der Waals surface area (Å²) in [5, 5.41) is 61.5. The van der Waals surface area contributed by atoms with Crippen molar-refractivity contribution >= 4 is 151 Å². The van der Waals surface area contributed by atoms with E-state index in [9.17, 15) is 30.6 Å². The molecule has 0 bridgehead atoms. The third-order valence-electron chi connectivity index (χ3n) is 19.3. The smallest absolute Gasteiger partial charge is 0.314 e. The quantitative estimate of drug-likeness (QED) is 0.0245. The van der Waals surface area contributed by atoms with E-state index in [2.05, 4.69) is 275 Å². The van der Waals surface area contributed by atoms with Gasteiger partial charge in [0.25, 0.3) is 0 Å². The van der Waals surface area contributed by atoms with E-state index in [1.807, 2.05) is 0 Å². The van der Waals surface area contributed by atoms with Gasteiger partial charge in [0.15, 0.2) is 99.8 Å². The van der Waals surface area contributed by atoms with Crippen molar-refractivity contribution in [2.75, 3.05) is 39.6 Å². The molecule has 0 radical (unpaired) electrons. The largest absolute Gasteiger partial charge is 0.437 e. The minimum absolute atomic E-state index is 0.0283. The molecule has 0 fully saturated rings. The fraction of sp³-hybridized carbons (Fsp3) is 1.00. The van der Waals surface area contributed by atoms with E-state index in [0.29, 0.717) is 0 Å². The SMILES string of the molecule is C[Si](C)(C)O[Si](C)(CCCCC(CO)(CO)CCCC[Si](C)(O[Si](C)(C)C)O[Si](C)(C)C)O[Si](C)(C)C.C[Si](C)(C)O[Si](C)(CCCCCC(CO)(CO)CCCCC[Si](C)(O[Si](C)(C)C)O[Si](C)(C)C)O[Si](C)(C)C.C[Si](C)(C)O[Si](C)(CCCCCCC(CO)(CO)CCCCCC[Si](C)(O[Si](C)(C)C)O[Si](C)(C)C)O[Si](C)(C)C. The molecule has 0 unspecified atom stereocenters. The van der Waals surface area contributed by atoms with Crippen LogP contribution in [0.25, 0.3) is 0 Å². The molecule has 0 aliphatic heterocycles. The van der Waals surface area contributed by atoms with Gasteiger partial charge < -0.3 is 80.0 Å². The Morgan fingerprint density at radius 3 is 0.325 bits per heavy atom. The van der Waals surface area contributed by atoms with Gasteiger partial charge in [-0.1, -0.05) is 116 Å². The monoisotopic (exact) mass is 1970 g/mol. The van der Waals surface area contributed by atoms with Crippen molar-refractivity contribution in [3.8, 4) is 0 Å². The van der Waals surface area contributed by atoms with Gasteiger partial charge in [0, 0.05) is 16.2 Å². The molecule has 0 atom stereocenters. The highest BCUT2D eigenvalue weighted by Gasteiger charge is 2.47. The van der Waals surface area contributed by atoms with Crippen LogP contribution in [0.2, 0.25) is 311 Å². The van der Waals surface area contributed by atoms with Crippen LogP contribution in [0.1, 0.15) is 154 Å². The number of aliphatic hydroxyl groups is 6. The maximum atomic E-state index is 10.3. The highest BCUT2D eigenvalue weighted by molar-refractivity contribution is 6.92. The summed E-state index contributed by atoms with van der Waals surface area (Å²) < 4.78 is 79.7. The first-order valence-electron chi connectivity index (χ1n) is 46.2. The summed E-state index contributed by atoms with van der Waals surface area (Å²) in [4.78, 5) is 0. The summed E-state index contributed by atoms with van der Waals surface area (Å²) in [5.41, 5.74) is -1.15. The van der Waals surface area contributed by atoms with Gasteiger partial charge in [0.2, 0.25) is 0 Å². The average molecular weight is 1970 g/mol. The summed E-state index contributed by atoms with van der Waals surface area (Å²) in [6.07, 6.45) is 24.5. The normalized spacial score (nSPS) is 14.8. The Labute approximate surface area is 746 Å². The second-order valence-corrected chi connectivity index (χ2v) is 125. The highest BCUT2D eigenvalue weighted by atomic mass is 28.5. The molecule has 6 N–H and O–H groups in total. The zero-order valence-corrected chi connectivity index (χ0v) is 104. The standard InChI is InChI=1S/C29H72O6Si6.C27H68O6Si6.C25H64O6Si6/c1-36(2,3)32-40(13,33-37(4,5)6)25-21-17-15-19-23-29(27-30,28-31)24-20-16-18-22-26-41(14,34-38(7,8)9)35-39(10,11)12;1-34(2,3)30-38(13,31-35(4,5)6)23-19-15-17-21-27(25-28,26-29)22-18-16-20-24-39(14,32-36(7,8)9)33-37(10,11)12;1-32(2,3)28-36(13,29-33(4,5)6)21-17-15-19-25(23-26,24-27)20-16-18-22-37(14,30-34(7,8)9)31-35(10,11)12/h30-31H,15-28H2,1-14H3;28-29H,15-26H2,1-14H3;26-27H,15-24H2,1-14H3. The molecule has 0 saturated carbocycles. The first-order chi connectivity index (χ1) is 52.1. The van der Waals surface area contributed by atoms with Gasteiger partial charge in [-0.05, 0) is 350 Å². The van der Waals surface area contributed by atoms with Gasteiger partial charge in [0.1, 0.15) is 0 Å². The second kappa shape index (κ2) is 53.0. The minimum Gasteiger partial charge on any atom is -0.437 e. The highest BCUT2D eigenvalue weighted by Crippen LogP contribution is 2.39. The maximum Gasteiger partial charge on any atom is 0.314 e. The molecular weight excluding hydrogens is 1770 g/mol. The Morgan fingerprint density at radius 2 is 0.222 bits per heavy atom. The van der Waals surface area contributed by atoms with Gasteiger partial charge in [0.05, 0.1) is 39.6 Å². The van der Waals surface area contributed by atoms with Gasteiger partial charge in [-0.25, -0.2) is 0 Å². The lowest BCUT2D eigenvalue weighted by Gasteiger charge is -2.39. The summed E-state index contributed by atoms with van der Waals surface area (Å²) in [6, 6.07) is 6.10. The Morgan fingerprint density at radius 1 is 0.137 bits per heavy atom. The molecule has 0 spiro atoms. The summed E-state index contributed by atoms with van der Waals surface area (Å²) in [6.45, 7) is 94.9. The Kier molecular flexibility index (Phi) is 56.3. The van der Waals surface area contributed by atoms with E-state index >= 15 is 0 Å². The van der Waals surface area contributed by atoms with Gasteiger partial charge in [-0.3, -0.25) is 0 Å². The van der Waals surface area contributed by atoms with Crippen molar-refractivity contribution in [1.82, 2.24) is 0 Å². The van der Waals surface area contributed by atoms with Crippen LogP contribution in [0.15, 0.2) is 0 Å². The fourth-order valence-electron chi connectivity index (χ4n) is 16.7. The molecule has 117 heavy (non-hydrogen) atoms. The number of aliphatic hydroxyl groups excluding tert-OH is 6. The van der Waals surface area contributed by atoms with E-state index in [1.165, 1.54) is 0 Å². The molecule has 0 saturated heterocycles. The molecular formula is C81H204O18Si18. The topological polar surface area (TPSA) is 232 Å². The molecule has 0 aromatic heterocycles. The lowest BCUT2D eigenvalue weighted by Crippen LogP contribution is -2.52. The Balaban J connectivity index is -0.00000167. The van der Waals surface area contributed by atoms with Crippen molar-refractivity contribution < 1.29 is 80.0 Å². The Bertz CT molecular complexity index is 2330. The summed E-state index contributed by atoms with van der Waals surface area (Å²) >= 11 is 0. The van der Waals surface area contributed by atoms with Crippen LogP contribution < -0.4 is 0 Å². The van der Waals surface area contributed by atoms with E-state index in [-0.39, 0.29) is 50.5 Å². The molecule has 0 aliphatic carbocycles. The molecule has 0 amide bonds. The van der Waals surface area contributed by atoms with Gasteiger partial charge in [-0.2, -0.15) is 0 Å². The van der Waals surface area contributed by atoms with Crippen LogP contribution in [-0.2, 0) is 49.4 Å². The third kappa shape index (κ3) is 69.7. The molecule has 0 aromatic carbocycles. The van der Waals surface area contributed by atoms with E-state index in [4.69, 9.17) is 49.4 Å². The van der Waals surface area contributed by atoms with E-state index in [1.54, 1.807) is 0 Å². The molecule has 708 valence electrons. The third-order valence-corrected chi connectivity index (χ3v) is 77.0. The lowest BCUT2D eigenvalue weighted by molar-refractivity contribution is 0.0353. The van der Waals surface area contributed by atoms with Crippen LogP contribution in [0.3, 0.4) is 0 Å². The lowest BCUT2D eigenvalue weighted by atomic mass is 9.79. The van der Waals surface area contributed by atoms with Crippen LogP contribution in [0.4, 0.5) is 0 Å². The van der Waals surface area contributed by atoms with E-state index in [0.717, 1.165) is 190 Å². The van der Waals surface area contributed by atoms with Crippen LogP contribution >= 0.6 is 0 Å². The number of rotatable bonds is 66. The van der Waals surface area contributed by atoms with Crippen LogP contribution in [-0.4, -0.2) is 221 Å². The van der Waals surface area contributed by atoms with Crippen molar-refractivity contribution in [2.24, 2.45) is 16.2 Å². The first kappa shape index (κ1) is 124. The van der Waals surface area contributed by atoms with Gasteiger partial charge >= 0.3 is 51.4 Å². The number of unbranched alkanes of at least 4 members (excludes halogenated alkanes) is 12. The van der Waals surface area contributed by atoms with Crippen molar-refractivity contribution in [3.05, 3.63) is 0 Å². The molecule has 0 aromatic rings. The molecule has 36 heteroatoms. The van der Waals surface area contributed by atoms with Crippen molar-refractivity contribution in [3.63, 3.8) is 0 Å². The molecule has 0 rings (SSSR count). The van der Waals surface area contributed by atoms with Crippen LogP contribution in [0.5, 0.6) is 0 Å². The zero-order valence-electron chi connectivity index (χ0n) is 85.5. The predicted molar refractivity (Wildman–Crippen MR) is 552 cm³/mol.